The van der Waals surface area contributed by atoms with Gasteiger partial charge >= 0.3 is 0 Å². The highest BCUT2D eigenvalue weighted by Crippen LogP contribution is 1.97. The van der Waals surface area contributed by atoms with E-state index in [0.29, 0.717) is 0 Å². The van der Waals surface area contributed by atoms with Crippen LogP contribution < -0.4 is 5.73 Å². The third kappa shape index (κ3) is 1.84. The van der Waals surface area contributed by atoms with E-state index in [0.717, 1.165) is 0 Å². The SMILES string of the molecule is C=NC(=O)C(C)(C)N. The molecule has 0 aliphatic heterocycles. The average Bonchev–Trinajstić information content (AvgIpc) is 1.62. The van der Waals surface area contributed by atoms with Crippen LogP contribution in [-0.4, -0.2) is 18.2 Å². The van der Waals surface area contributed by atoms with Crippen LogP contribution in [0.5, 0.6) is 0 Å². The topological polar surface area (TPSA) is 55.5 Å². The number of carbonyl (C=O) groups excluding carboxylic acids is 1. The minimum atomic E-state index is -0.859. The average molecular weight is 114 g/mol. The standard InChI is InChI=1S/C5H10N2O/c1-5(2,6)4(8)7-3/h3,6H2,1-2H3. The Morgan fingerprint density at radius 3 is 2.12 bits per heavy atom. The first-order chi connectivity index (χ1) is 3.48. The molecule has 8 heavy (non-hydrogen) atoms. The van der Waals surface area contributed by atoms with Crippen molar-refractivity contribution in [2.24, 2.45) is 10.7 Å². The fourth-order valence-corrected chi connectivity index (χ4v) is 0.204. The summed E-state index contributed by atoms with van der Waals surface area (Å²) < 4.78 is 0. The first-order valence-corrected chi connectivity index (χ1v) is 2.28. The Morgan fingerprint density at radius 1 is 1.75 bits per heavy atom. The third-order valence-corrected chi connectivity index (χ3v) is 0.695. The Kier molecular flexibility index (Phi) is 1.87. The zero-order chi connectivity index (χ0) is 6.78. The van der Waals surface area contributed by atoms with Crippen molar-refractivity contribution in [2.45, 2.75) is 19.4 Å². The lowest BCUT2D eigenvalue weighted by Gasteiger charge is -2.10. The molecule has 1 amide bonds. The van der Waals surface area contributed by atoms with Crippen LogP contribution in [0, 0.1) is 0 Å². The lowest BCUT2D eigenvalue weighted by atomic mass is 10.1. The van der Waals surface area contributed by atoms with E-state index in [1.807, 2.05) is 0 Å². The van der Waals surface area contributed by atoms with Gasteiger partial charge in [0, 0.05) is 0 Å². The van der Waals surface area contributed by atoms with Crippen molar-refractivity contribution in [2.75, 3.05) is 0 Å². The molecule has 0 saturated heterocycles. The molecular weight excluding hydrogens is 104 g/mol. The van der Waals surface area contributed by atoms with E-state index in [2.05, 4.69) is 11.7 Å². The van der Waals surface area contributed by atoms with Crippen LogP contribution in [0.2, 0.25) is 0 Å². The van der Waals surface area contributed by atoms with Gasteiger partial charge in [-0.25, -0.2) is 4.99 Å². The van der Waals surface area contributed by atoms with Crippen molar-refractivity contribution >= 4 is 12.6 Å². The predicted molar refractivity (Wildman–Crippen MR) is 32.8 cm³/mol. The molecule has 0 spiro atoms. The smallest absolute Gasteiger partial charge is 0.264 e. The summed E-state index contributed by atoms with van der Waals surface area (Å²) in [5.74, 6) is -0.377. The lowest BCUT2D eigenvalue weighted by molar-refractivity contribution is -0.121. The van der Waals surface area contributed by atoms with Crippen LogP contribution in [0.25, 0.3) is 0 Å². The normalized spacial score (nSPS) is 10.9. The maximum Gasteiger partial charge on any atom is 0.264 e. The molecule has 0 radical (unpaired) electrons. The van der Waals surface area contributed by atoms with Gasteiger partial charge < -0.3 is 5.73 Å². The summed E-state index contributed by atoms with van der Waals surface area (Å²) in [6.45, 7) is 6.22. The molecule has 0 atom stereocenters. The molecule has 0 bridgehead atoms. The van der Waals surface area contributed by atoms with Gasteiger partial charge in [0.05, 0.1) is 5.54 Å². The Bertz CT molecular complexity index is 112. The second-order valence-corrected chi connectivity index (χ2v) is 2.18. The van der Waals surface area contributed by atoms with Gasteiger partial charge in [0.1, 0.15) is 0 Å². The summed E-state index contributed by atoms with van der Waals surface area (Å²) in [5.41, 5.74) is 4.45. The minimum absolute atomic E-state index is 0.377. The fourth-order valence-electron chi connectivity index (χ4n) is 0.204. The van der Waals surface area contributed by atoms with E-state index in [4.69, 9.17) is 5.73 Å². The highest BCUT2D eigenvalue weighted by atomic mass is 16.1. The number of hydrogen-bond donors (Lipinski definition) is 1. The number of carbonyl (C=O) groups is 1. The van der Waals surface area contributed by atoms with Crippen LogP contribution in [0.3, 0.4) is 0 Å². The van der Waals surface area contributed by atoms with E-state index >= 15 is 0 Å². The summed E-state index contributed by atoms with van der Waals surface area (Å²) in [7, 11) is 0. The Hall–Kier alpha value is -0.700. The third-order valence-electron chi connectivity index (χ3n) is 0.695. The number of rotatable bonds is 1. The van der Waals surface area contributed by atoms with E-state index in [1.54, 1.807) is 13.8 Å². The van der Waals surface area contributed by atoms with Crippen LogP contribution in [-0.2, 0) is 4.79 Å². The van der Waals surface area contributed by atoms with Crippen LogP contribution in [0.1, 0.15) is 13.8 Å². The van der Waals surface area contributed by atoms with Crippen LogP contribution in [0.4, 0.5) is 0 Å². The van der Waals surface area contributed by atoms with E-state index in [9.17, 15) is 4.79 Å². The summed E-state index contributed by atoms with van der Waals surface area (Å²) in [4.78, 5) is 13.6. The zero-order valence-corrected chi connectivity index (χ0v) is 5.14. The van der Waals surface area contributed by atoms with Gasteiger partial charge in [0.25, 0.3) is 5.91 Å². The molecule has 0 aromatic carbocycles. The van der Waals surface area contributed by atoms with Gasteiger partial charge in [-0.15, -0.1) is 0 Å². The van der Waals surface area contributed by atoms with Crippen molar-refractivity contribution in [1.29, 1.82) is 0 Å². The zero-order valence-electron chi connectivity index (χ0n) is 5.14. The van der Waals surface area contributed by atoms with Crippen molar-refractivity contribution in [3.63, 3.8) is 0 Å². The maximum atomic E-state index is 10.5. The monoisotopic (exact) mass is 114 g/mol. The second kappa shape index (κ2) is 2.05. The number of amides is 1. The molecule has 0 saturated carbocycles. The maximum absolute atomic E-state index is 10.5. The Labute approximate surface area is 48.6 Å². The molecule has 0 rings (SSSR count). The van der Waals surface area contributed by atoms with Crippen molar-refractivity contribution in [1.82, 2.24) is 0 Å². The molecule has 0 aliphatic rings. The largest absolute Gasteiger partial charge is 0.318 e. The molecule has 0 aliphatic carbocycles. The number of nitrogens with two attached hydrogens (primary N) is 1. The molecule has 0 heterocycles. The molecule has 0 fully saturated rings. The Morgan fingerprint density at radius 2 is 2.12 bits per heavy atom. The minimum Gasteiger partial charge on any atom is -0.318 e. The number of nitrogens with zero attached hydrogens (tertiary/aromatic N) is 1. The quantitative estimate of drug-likeness (QED) is 0.486. The predicted octanol–water partition coefficient (Wildman–Crippen LogP) is -0.0491. The van der Waals surface area contributed by atoms with Gasteiger partial charge in [-0.2, -0.15) is 0 Å². The highest BCUT2D eigenvalue weighted by molar-refractivity contribution is 5.88. The first kappa shape index (κ1) is 7.30. The number of aliphatic imine (C=N–C) groups is 1. The van der Waals surface area contributed by atoms with Gasteiger partial charge in [0.15, 0.2) is 0 Å². The fraction of sp³-hybridized carbons (Fsp3) is 0.600. The highest BCUT2D eigenvalue weighted by Gasteiger charge is 2.19. The van der Waals surface area contributed by atoms with Gasteiger partial charge in [0.2, 0.25) is 0 Å². The summed E-state index contributed by atoms with van der Waals surface area (Å²) in [6, 6.07) is 0. The van der Waals surface area contributed by atoms with Gasteiger partial charge in [-0.05, 0) is 20.6 Å². The summed E-state index contributed by atoms with van der Waals surface area (Å²) in [5, 5.41) is 0. The van der Waals surface area contributed by atoms with E-state index < -0.39 is 5.54 Å². The molecule has 0 aromatic heterocycles. The summed E-state index contributed by atoms with van der Waals surface area (Å²) in [6.07, 6.45) is 0. The second-order valence-electron chi connectivity index (χ2n) is 2.18. The van der Waals surface area contributed by atoms with Gasteiger partial charge in [-0.1, -0.05) is 0 Å². The molecule has 0 unspecified atom stereocenters. The number of hydrogen-bond acceptors (Lipinski definition) is 2. The van der Waals surface area contributed by atoms with Crippen molar-refractivity contribution in [3.8, 4) is 0 Å². The molecule has 3 heteroatoms. The molecule has 2 N–H and O–H groups in total. The van der Waals surface area contributed by atoms with Crippen LogP contribution >= 0.6 is 0 Å². The van der Waals surface area contributed by atoms with E-state index in [1.165, 1.54) is 0 Å². The van der Waals surface area contributed by atoms with Crippen molar-refractivity contribution < 1.29 is 4.79 Å². The molecule has 0 aromatic rings. The molecule has 46 valence electrons. The van der Waals surface area contributed by atoms with Gasteiger partial charge in [-0.3, -0.25) is 4.79 Å². The van der Waals surface area contributed by atoms with Crippen LogP contribution in [0.15, 0.2) is 4.99 Å². The molecular formula is C5H10N2O. The Balaban J connectivity index is 4.02. The first-order valence-electron chi connectivity index (χ1n) is 2.28. The summed E-state index contributed by atoms with van der Waals surface area (Å²) >= 11 is 0. The lowest BCUT2D eigenvalue weighted by Crippen LogP contribution is -2.40. The van der Waals surface area contributed by atoms with Crippen molar-refractivity contribution in [3.05, 3.63) is 0 Å². The molecule has 3 nitrogen and oxygen atoms in total. The van der Waals surface area contributed by atoms with E-state index in [-0.39, 0.29) is 5.91 Å².